The van der Waals surface area contributed by atoms with Crippen LogP contribution in [0.15, 0.2) is 35.5 Å². The number of nitrogens with zero attached hydrogens (tertiary/aromatic N) is 3. The van der Waals surface area contributed by atoms with Gasteiger partial charge in [-0.25, -0.2) is 0 Å². The highest BCUT2D eigenvalue weighted by atomic mass is 32.2. The summed E-state index contributed by atoms with van der Waals surface area (Å²) in [7, 11) is 0. The van der Waals surface area contributed by atoms with Crippen LogP contribution >= 0.6 is 11.8 Å². The van der Waals surface area contributed by atoms with Crippen molar-refractivity contribution in [1.29, 1.82) is 0 Å². The SMILES string of the molecule is C[C@@H](Sc1nc(N)nc(N)n1)C(=O)NCc1ccccc1. The molecule has 2 aromatic rings. The average molecular weight is 304 g/mol. The highest BCUT2D eigenvalue weighted by Gasteiger charge is 2.16. The molecule has 8 heteroatoms. The Labute approximate surface area is 126 Å². The molecule has 5 N–H and O–H groups in total. The fourth-order valence-electron chi connectivity index (χ4n) is 1.58. The third kappa shape index (κ3) is 4.60. The van der Waals surface area contributed by atoms with E-state index in [1.54, 1.807) is 6.92 Å². The van der Waals surface area contributed by atoms with Crippen LogP contribution in [0, 0.1) is 0 Å². The summed E-state index contributed by atoms with van der Waals surface area (Å²) in [5.74, 6) is -0.0230. The van der Waals surface area contributed by atoms with E-state index in [1.165, 1.54) is 11.8 Å². The molecule has 0 saturated carbocycles. The molecule has 0 radical (unpaired) electrons. The van der Waals surface area contributed by atoms with Crippen molar-refractivity contribution in [3.05, 3.63) is 35.9 Å². The van der Waals surface area contributed by atoms with E-state index in [2.05, 4.69) is 20.3 Å². The van der Waals surface area contributed by atoms with Crippen molar-refractivity contribution in [3.8, 4) is 0 Å². The van der Waals surface area contributed by atoms with Gasteiger partial charge < -0.3 is 16.8 Å². The minimum Gasteiger partial charge on any atom is -0.368 e. The van der Waals surface area contributed by atoms with E-state index in [0.29, 0.717) is 11.7 Å². The van der Waals surface area contributed by atoms with Crippen LogP contribution in [0.4, 0.5) is 11.9 Å². The molecule has 1 atom stereocenters. The number of nitrogen functional groups attached to an aromatic ring is 2. The van der Waals surface area contributed by atoms with Gasteiger partial charge in [-0.1, -0.05) is 42.1 Å². The van der Waals surface area contributed by atoms with Gasteiger partial charge in [0.1, 0.15) is 0 Å². The number of anilines is 2. The minimum absolute atomic E-state index is 0.0434. The molecule has 0 fully saturated rings. The second-order valence-corrected chi connectivity index (χ2v) is 5.61. The number of amides is 1. The van der Waals surface area contributed by atoms with Crippen molar-refractivity contribution in [2.24, 2.45) is 0 Å². The molecule has 0 spiro atoms. The molecule has 0 bridgehead atoms. The summed E-state index contributed by atoms with van der Waals surface area (Å²) in [4.78, 5) is 23.6. The quantitative estimate of drug-likeness (QED) is 0.700. The molecular weight excluding hydrogens is 288 g/mol. The van der Waals surface area contributed by atoms with Gasteiger partial charge in [0.2, 0.25) is 17.8 Å². The number of benzene rings is 1. The van der Waals surface area contributed by atoms with Crippen molar-refractivity contribution in [1.82, 2.24) is 20.3 Å². The molecule has 0 unspecified atom stereocenters. The van der Waals surface area contributed by atoms with E-state index in [1.807, 2.05) is 30.3 Å². The summed E-state index contributed by atoms with van der Waals surface area (Å²) in [5.41, 5.74) is 12.0. The van der Waals surface area contributed by atoms with Gasteiger partial charge in [0.05, 0.1) is 5.25 Å². The smallest absolute Gasteiger partial charge is 0.233 e. The zero-order valence-electron chi connectivity index (χ0n) is 11.5. The van der Waals surface area contributed by atoms with E-state index in [9.17, 15) is 4.79 Å². The van der Waals surface area contributed by atoms with Gasteiger partial charge in [-0.15, -0.1) is 0 Å². The molecule has 0 saturated heterocycles. The Bertz CT molecular complexity index is 601. The number of hydrogen-bond donors (Lipinski definition) is 3. The first-order valence-electron chi connectivity index (χ1n) is 6.30. The van der Waals surface area contributed by atoms with Gasteiger partial charge in [-0.2, -0.15) is 15.0 Å². The van der Waals surface area contributed by atoms with Crippen LogP contribution in [0.3, 0.4) is 0 Å². The van der Waals surface area contributed by atoms with Crippen molar-refractivity contribution in [3.63, 3.8) is 0 Å². The van der Waals surface area contributed by atoms with Crippen molar-refractivity contribution >= 4 is 29.6 Å². The Kier molecular flexibility index (Phi) is 4.94. The topological polar surface area (TPSA) is 120 Å². The second kappa shape index (κ2) is 6.89. The van der Waals surface area contributed by atoms with Gasteiger partial charge >= 0.3 is 0 Å². The van der Waals surface area contributed by atoms with Gasteiger partial charge in [0, 0.05) is 6.54 Å². The lowest BCUT2D eigenvalue weighted by Gasteiger charge is -2.11. The summed E-state index contributed by atoms with van der Waals surface area (Å²) in [5, 5.41) is 2.82. The van der Waals surface area contributed by atoms with Gasteiger partial charge in [0.25, 0.3) is 0 Å². The number of nitrogens with two attached hydrogens (primary N) is 2. The third-order valence-electron chi connectivity index (χ3n) is 2.61. The number of thioether (sulfide) groups is 1. The molecule has 1 aromatic carbocycles. The van der Waals surface area contributed by atoms with Gasteiger partial charge in [-0.05, 0) is 12.5 Å². The Hall–Kier alpha value is -2.35. The van der Waals surface area contributed by atoms with E-state index in [0.717, 1.165) is 5.56 Å². The summed E-state index contributed by atoms with van der Waals surface area (Å²) < 4.78 is 0. The monoisotopic (exact) mass is 304 g/mol. The normalized spacial score (nSPS) is 11.9. The highest BCUT2D eigenvalue weighted by Crippen LogP contribution is 2.20. The van der Waals surface area contributed by atoms with E-state index < -0.39 is 0 Å². The number of rotatable bonds is 5. The van der Waals surface area contributed by atoms with Gasteiger partial charge in [-0.3, -0.25) is 4.79 Å². The maximum atomic E-state index is 12.0. The van der Waals surface area contributed by atoms with E-state index in [-0.39, 0.29) is 23.1 Å². The zero-order chi connectivity index (χ0) is 15.2. The van der Waals surface area contributed by atoms with Crippen LogP contribution in [0.2, 0.25) is 0 Å². The molecule has 2 rings (SSSR count). The van der Waals surface area contributed by atoms with Gasteiger partial charge in [0.15, 0.2) is 5.16 Å². The first-order valence-corrected chi connectivity index (χ1v) is 7.18. The Morgan fingerprint density at radius 3 is 2.43 bits per heavy atom. The lowest BCUT2D eigenvalue weighted by Crippen LogP contribution is -2.30. The lowest BCUT2D eigenvalue weighted by atomic mass is 10.2. The zero-order valence-corrected chi connectivity index (χ0v) is 12.3. The summed E-state index contributed by atoms with van der Waals surface area (Å²) in [6.07, 6.45) is 0. The van der Waals surface area contributed by atoms with Crippen molar-refractivity contribution in [2.45, 2.75) is 23.9 Å². The molecule has 21 heavy (non-hydrogen) atoms. The molecule has 0 aliphatic rings. The second-order valence-electron chi connectivity index (χ2n) is 4.30. The van der Waals surface area contributed by atoms with Crippen LogP contribution in [-0.2, 0) is 11.3 Å². The predicted molar refractivity (Wildman–Crippen MR) is 82.3 cm³/mol. The van der Waals surface area contributed by atoms with Crippen LogP contribution in [0.25, 0.3) is 0 Å². The largest absolute Gasteiger partial charge is 0.368 e. The van der Waals surface area contributed by atoms with E-state index in [4.69, 9.17) is 11.5 Å². The molecule has 0 aliphatic heterocycles. The molecule has 1 heterocycles. The number of carbonyl (C=O) groups excluding carboxylic acids is 1. The van der Waals surface area contributed by atoms with Crippen LogP contribution < -0.4 is 16.8 Å². The fourth-order valence-corrected chi connectivity index (χ4v) is 2.38. The van der Waals surface area contributed by atoms with Crippen LogP contribution in [0.1, 0.15) is 12.5 Å². The lowest BCUT2D eigenvalue weighted by molar-refractivity contribution is -0.120. The minimum atomic E-state index is -0.366. The van der Waals surface area contributed by atoms with Crippen molar-refractivity contribution in [2.75, 3.05) is 11.5 Å². The first-order chi connectivity index (χ1) is 10.0. The Morgan fingerprint density at radius 2 is 1.81 bits per heavy atom. The Balaban J connectivity index is 1.90. The highest BCUT2D eigenvalue weighted by molar-refractivity contribution is 8.00. The summed E-state index contributed by atoms with van der Waals surface area (Å²) >= 11 is 1.18. The van der Waals surface area contributed by atoms with Crippen LogP contribution in [0.5, 0.6) is 0 Å². The number of nitrogens with one attached hydrogen (secondary N) is 1. The molecular formula is C13H16N6OS. The molecule has 1 aromatic heterocycles. The summed E-state index contributed by atoms with van der Waals surface area (Å²) in [6.45, 7) is 2.24. The molecule has 110 valence electrons. The van der Waals surface area contributed by atoms with Crippen LogP contribution in [-0.4, -0.2) is 26.1 Å². The van der Waals surface area contributed by atoms with Crippen molar-refractivity contribution < 1.29 is 4.79 Å². The standard InChI is InChI=1S/C13H16N6OS/c1-8(21-13-18-11(14)17-12(15)19-13)10(20)16-7-9-5-3-2-4-6-9/h2-6,8H,7H2,1H3,(H,16,20)(H4,14,15,17,18,19)/t8-/m1/s1. The fraction of sp³-hybridized carbons (Fsp3) is 0.231. The average Bonchev–Trinajstić information content (AvgIpc) is 2.44. The molecule has 7 nitrogen and oxygen atoms in total. The number of carbonyl (C=O) groups is 1. The predicted octanol–water partition coefficient (Wildman–Crippen LogP) is 0.833. The first kappa shape index (κ1) is 15.0. The maximum absolute atomic E-state index is 12.0. The molecule has 1 amide bonds. The summed E-state index contributed by atoms with van der Waals surface area (Å²) in [6, 6.07) is 9.68. The Morgan fingerprint density at radius 1 is 1.19 bits per heavy atom. The molecule has 0 aliphatic carbocycles. The number of hydrogen-bond acceptors (Lipinski definition) is 7. The van der Waals surface area contributed by atoms with E-state index >= 15 is 0 Å². The maximum Gasteiger partial charge on any atom is 0.233 e. The number of aromatic nitrogens is 3. The third-order valence-corrected chi connectivity index (χ3v) is 3.57.